The molecule has 1 aliphatic rings. The van der Waals surface area contributed by atoms with Crippen molar-refractivity contribution in [2.45, 2.75) is 0 Å². The minimum Gasteiger partial charge on any atom is -0.486 e. The quantitative estimate of drug-likeness (QED) is 0.837. The smallest absolute Gasteiger partial charge is 0.274 e. The third kappa shape index (κ3) is 4.60. The van der Waals surface area contributed by atoms with Gasteiger partial charge in [-0.15, -0.1) is 0 Å². The van der Waals surface area contributed by atoms with Crippen molar-refractivity contribution in [1.82, 2.24) is 9.88 Å². The van der Waals surface area contributed by atoms with Crippen LogP contribution in [0.3, 0.4) is 0 Å². The molecule has 7 heteroatoms. The highest BCUT2D eigenvalue weighted by Crippen LogP contribution is 2.32. The molecule has 0 unspecified atom stereocenters. The van der Waals surface area contributed by atoms with Crippen LogP contribution in [0.2, 0.25) is 0 Å². The van der Waals surface area contributed by atoms with Crippen molar-refractivity contribution in [2.24, 2.45) is 0 Å². The summed E-state index contributed by atoms with van der Waals surface area (Å²) in [7, 11) is 4.04. The number of hydrogen-bond acceptors (Lipinski definition) is 6. The van der Waals surface area contributed by atoms with E-state index in [9.17, 15) is 4.79 Å². The molecule has 1 aliphatic heterocycles. The number of anilines is 2. The Morgan fingerprint density at radius 1 is 1.12 bits per heavy atom. The van der Waals surface area contributed by atoms with Crippen LogP contribution in [-0.2, 0) is 0 Å². The van der Waals surface area contributed by atoms with Gasteiger partial charge in [-0.2, -0.15) is 0 Å². The number of benzene rings is 1. The first-order chi connectivity index (χ1) is 12.1. The zero-order valence-electron chi connectivity index (χ0n) is 14.4. The number of fused-ring (bicyclic) bond motifs is 1. The number of ether oxygens (including phenoxy) is 2. The molecule has 1 aromatic carbocycles. The van der Waals surface area contributed by atoms with E-state index in [1.165, 1.54) is 0 Å². The van der Waals surface area contributed by atoms with Crippen LogP contribution < -0.4 is 20.1 Å². The van der Waals surface area contributed by atoms with Crippen molar-refractivity contribution in [1.29, 1.82) is 0 Å². The molecular formula is C18H22N4O3. The van der Waals surface area contributed by atoms with Crippen LogP contribution in [0.5, 0.6) is 11.5 Å². The molecule has 0 saturated carbocycles. The summed E-state index contributed by atoms with van der Waals surface area (Å²) in [6.45, 7) is 2.79. The molecule has 0 radical (unpaired) electrons. The van der Waals surface area contributed by atoms with Crippen LogP contribution in [0.15, 0.2) is 36.5 Å². The Hall–Kier alpha value is -2.80. The number of likely N-dealkylation sites (N-methyl/N-ethyl adjacent to an activating group) is 1. The fourth-order valence-electron chi connectivity index (χ4n) is 2.37. The summed E-state index contributed by atoms with van der Waals surface area (Å²) in [5.74, 6) is 1.06. The number of amides is 1. The minimum atomic E-state index is -0.267. The largest absolute Gasteiger partial charge is 0.486 e. The van der Waals surface area contributed by atoms with Gasteiger partial charge in [0.1, 0.15) is 18.9 Å². The summed E-state index contributed by atoms with van der Waals surface area (Å²) in [6.07, 6.45) is 1.66. The predicted octanol–water partition coefficient (Wildman–Crippen LogP) is 2.08. The normalized spacial score (nSPS) is 12.8. The molecule has 0 spiro atoms. The Balaban J connectivity index is 1.59. The van der Waals surface area contributed by atoms with E-state index in [2.05, 4.69) is 20.5 Å². The Bertz CT molecular complexity index is 732. The number of hydrogen-bond donors (Lipinski definition) is 2. The first-order valence-corrected chi connectivity index (χ1v) is 8.17. The molecule has 3 rings (SSSR count). The van der Waals surface area contributed by atoms with Crippen LogP contribution in [0.1, 0.15) is 10.5 Å². The highest BCUT2D eigenvalue weighted by atomic mass is 16.6. The molecular weight excluding hydrogens is 320 g/mol. The van der Waals surface area contributed by atoms with Gasteiger partial charge in [-0.1, -0.05) is 0 Å². The third-order valence-electron chi connectivity index (χ3n) is 3.68. The van der Waals surface area contributed by atoms with Gasteiger partial charge in [-0.25, -0.2) is 4.98 Å². The topological polar surface area (TPSA) is 75.7 Å². The van der Waals surface area contributed by atoms with Gasteiger partial charge in [-0.05, 0) is 38.4 Å². The van der Waals surface area contributed by atoms with E-state index in [1.807, 2.05) is 20.2 Å². The second-order valence-electron chi connectivity index (χ2n) is 5.97. The molecule has 25 heavy (non-hydrogen) atoms. The van der Waals surface area contributed by atoms with Gasteiger partial charge in [0, 0.05) is 24.8 Å². The Morgan fingerprint density at radius 3 is 2.60 bits per heavy atom. The van der Waals surface area contributed by atoms with Gasteiger partial charge >= 0.3 is 0 Å². The fourth-order valence-corrected chi connectivity index (χ4v) is 2.37. The van der Waals surface area contributed by atoms with Crippen molar-refractivity contribution < 1.29 is 14.3 Å². The minimum absolute atomic E-state index is 0.267. The molecule has 0 bridgehead atoms. The molecule has 132 valence electrons. The number of pyridine rings is 1. The molecule has 2 aromatic rings. The van der Waals surface area contributed by atoms with Crippen molar-refractivity contribution in [3.63, 3.8) is 0 Å². The molecule has 1 amide bonds. The molecule has 2 N–H and O–H groups in total. The van der Waals surface area contributed by atoms with Crippen LogP contribution in [-0.4, -0.2) is 56.2 Å². The summed E-state index contributed by atoms with van der Waals surface area (Å²) >= 11 is 0. The Kier molecular flexibility index (Phi) is 5.35. The number of nitrogens with zero attached hydrogens (tertiary/aromatic N) is 2. The number of carbonyl (C=O) groups is 1. The maximum absolute atomic E-state index is 12.3. The molecule has 0 fully saturated rings. The highest BCUT2D eigenvalue weighted by Gasteiger charge is 2.14. The second-order valence-corrected chi connectivity index (χ2v) is 5.97. The van der Waals surface area contributed by atoms with Crippen molar-refractivity contribution in [3.8, 4) is 11.5 Å². The lowest BCUT2D eigenvalue weighted by atomic mass is 10.2. The van der Waals surface area contributed by atoms with Crippen molar-refractivity contribution in [3.05, 3.63) is 42.2 Å². The van der Waals surface area contributed by atoms with Gasteiger partial charge in [0.05, 0.1) is 11.9 Å². The lowest BCUT2D eigenvalue weighted by Gasteiger charge is -2.19. The zero-order chi connectivity index (χ0) is 17.6. The molecule has 0 saturated heterocycles. The Morgan fingerprint density at radius 2 is 1.88 bits per heavy atom. The summed E-state index contributed by atoms with van der Waals surface area (Å²) in [6, 6.07) is 8.87. The summed E-state index contributed by atoms with van der Waals surface area (Å²) < 4.78 is 11.0. The maximum atomic E-state index is 12.3. The van der Waals surface area contributed by atoms with Crippen LogP contribution >= 0.6 is 0 Å². The van der Waals surface area contributed by atoms with E-state index in [-0.39, 0.29) is 5.91 Å². The van der Waals surface area contributed by atoms with E-state index in [1.54, 1.807) is 30.5 Å². The monoisotopic (exact) mass is 342 g/mol. The number of carbonyl (C=O) groups excluding carboxylic acids is 1. The highest BCUT2D eigenvalue weighted by molar-refractivity contribution is 6.03. The lowest BCUT2D eigenvalue weighted by molar-refractivity contribution is 0.102. The summed E-state index contributed by atoms with van der Waals surface area (Å²) in [5.41, 5.74) is 1.88. The van der Waals surface area contributed by atoms with Gasteiger partial charge in [-0.3, -0.25) is 4.79 Å². The zero-order valence-corrected chi connectivity index (χ0v) is 14.4. The van der Waals surface area contributed by atoms with Crippen LogP contribution in [0.25, 0.3) is 0 Å². The van der Waals surface area contributed by atoms with Crippen molar-refractivity contribution >= 4 is 17.3 Å². The standard InChI is InChI=1S/C18H22N4O3/c1-22(2)8-7-19-14-3-5-15(20-12-14)18(23)21-13-4-6-16-17(11-13)25-10-9-24-16/h3-6,11-12,19H,7-10H2,1-2H3,(H,21,23). The number of nitrogens with one attached hydrogen (secondary N) is 2. The van der Waals surface area contributed by atoms with Crippen LogP contribution in [0, 0.1) is 0 Å². The summed E-state index contributed by atoms with van der Waals surface area (Å²) in [5, 5.41) is 6.08. The molecule has 2 heterocycles. The van der Waals surface area contributed by atoms with E-state index in [0.29, 0.717) is 36.1 Å². The molecule has 7 nitrogen and oxygen atoms in total. The Labute approximate surface area is 147 Å². The second kappa shape index (κ2) is 7.85. The first kappa shape index (κ1) is 17.0. The molecule has 0 aliphatic carbocycles. The van der Waals surface area contributed by atoms with Crippen LogP contribution in [0.4, 0.5) is 11.4 Å². The van der Waals surface area contributed by atoms with E-state index >= 15 is 0 Å². The van der Waals surface area contributed by atoms with E-state index in [0.717, 1.165) is 18.8 Å². The van der Waals surface area contributed by atoms with Gasteiger partial charge in [0.25, 0.3) is 5.91 Å². The van der Waals surface area contributed by atoms with E-state index in [4.69, 9.17) is 9.47 Å². The number of rotatable bonds is 6. The van der Waals surface area contributed by atoms with Gasteiger partial charge in [0.15, 0.2) is 11.5 Å². The summed E-state index contributed by atoms with van der Waals surface area (Å²) in [4.78, 5) is 18.6. The molecule has 1 aromatic heterocycles. The number of aromatic nitrogens is 1. The lowest BCUT2D eigenvalue weighted by Crippen LogP contribution is -2.21. The average Bonchev–Trinajstić information content (AvgIpc) is 2.62. The third-order valence-corrected chi connectivity index (χ3v) is 3.68. The first-order valence-electron chi connectivity index (χ1n) is 8.17. The van der Waals surface area contributed by atoms with Gasteiger partial charge < -0.3 is 25.0 Å². The van der Waals surface area contributed by atoms with Gasteiger partial charge in [0.2, 0.25) is 0 Å². The average molecular weight is 342 g/mol. The SMILES string of the molecule is CN(C)CCNc1ccc(C(=O)Nc2ccc3c(c2)OCCO3)nc1. The van der Waals surface area contributed by atoms with Crippen molar-refractivity contribution in [2.75, 3.05) is 51.0 Å². The van der Waals surface area contributed by atoms with E-state index < -0.39 is 0 Å². The fraction of sp³-hybridized carbons (Fsp3) is 0.333. The molecule has 0 atom stereocenters. The predicted molar refractivity (Wildman–Crippen MR) is 96.7 cm³/mol. The maximum Gasteiger partial charge on any atom is 0.274 e.